The Morgan fingerprint density at radius 3 is 2.65 bits per heavy atom. The smallest absolute Gasteiger partial charge is 0.224 e. The molecule has 0 saturated carbocycles. The van der Waals surface area contributed by atoms with Gasteiger partial charge in [0, 0.05) is 18.2 Å². The molecule has 26 heavy (non-hydrogen) atoms. The zero-order chi connectivity index (χ0) is 18.4. The van der Waals surface area contributed by atoms with Crippen molar-refractivity contribution in [3.63, 3.8) is 0 Å². The molecule has 0 saturated heterocycles. The van der Waals surface area contributed by atoms with E-state index in [0.717, 1.165) is 5.56 Å². The van der Waals surface area contributed by atoms with E-state index in [4.69, 9.17) is 18.9 Å². The molecular weight excluding hydrogens is 334 g/mol. The van der Waals surface area contributed by atoms with Crippen molar-refractivity contribution < 1.29 is 23.7 Å². The van der Waals surface area contributed by atoms with E-state index in [9.17, 15) is 4.79 Å². The first kappa shape index (κ1) is 17.9. The molecule has 0 aliphatic carbocycles. The molecule has 2 aromatic carbocycles. The van der Waals surface area contributed by atoms with Crippen molar-refractivity contribution in [2.45, 2.75) is 19.8 Å². The molecule has 1 aliphatic heterocycles. The Labute approximate surface area is 153 Å². The van der Waals surface area contributed by atoms with Crippen LogP contribution in [0, 0.1) is 0 Å². The predicted molar refractivity (Wildman–Crippen MR) is 98.5 cm³/mol. The molecule has 0 atom stereocenters. The first-order valence-corrected chi connectivity index (χ1v) is 8.69. The number of amides is 1. The van der Waals surface area contributed by atoms with Gasteiger partial charge in [0.05, 0.1) is 13.7 Å². The lowest BCUT2D eigenvalue weighted by molar-refractivity contribution is -0.116. The summed E-state index contributed by atoms with van der Waals surface area (Å²) >= 11 is 0. The Hall–Kier alpha value is -2.89. The second kappa shape index (κ2) is 8.47. The van der Waals surface area contributed by atoms with Gasteiger partial charge in [-0.2, -0.15) is 0 Å². The third kappa shape index (κ3) is 4.39. The van der Waals surface area contributed by atoms with E-state index in [1.54, 1.807) is 19.2 Å². The molecule has 2 aromatic rings. The fourth-order valence-corrected chi connectivity index (χ4v) is 2.74. The van der Waals surface area contributed by atoms with Crippen LogP contribution in [0.5, 0.6) is 23.0 Å². The van der Waals surface area contributed by atoms with Gasteiger partial charge >= 0.3 is 0 Å². The molecule has 6 nitrogen and oxygen atoms in total. The number of anilines is 1. The highest BCUT2D eigenvalue weighted by Crippen LogP contribution is 2.32. The summed E-state index contributed by atoms with van der Waals surface area (Å²) in [6.45, 7) is 3.57. The molecule has 1 amide bonds. The molecular formula is C20H23NO5. The van der Waals surface area contributed by atoms with Crippen molar-refractivity contribution in [3.8, 4) is 23.0 Å². The summed E-state index contributed by atoms with van der Waals surface area (Å²) in [6, 6.07) is 11.1. The highest BCUT2D eigenvalue weighted by Gasteiger charge is 2.13. The van der Waals surface area contributed by atoms with Crippen LogP contribution in [0.1, 0.15) is 18.9 Å². The van der Waals surface area contributed by atoms with Crippen LogP contribution < -0.4 is 24.3 Å². The first-order chi connectivity index (χ1) is 12.7. The van der Waals surface area contributed by atoms with Crippen molar-refractivity contribution in [1.82, 2.24) is 0 Å². The zero-order valence-corrected chi connectivity index (χ0v) is 15.0. The average Bonchev–Trinajstić information content (AvgIpc) is 2.67. The molecule has 0 bridgehead atoms. The largest absolute Gasteiger partial charge is 0.493 e. The van der Waals surface area contributed by atoms with Crippen molar-refractivity contribution in [1.29, 1.82) is 0 Å². The summed E-state index contributed by atoms with van der Waals surface area (Å²) in [5.74, 6) is 2.69. The molecule has 138 valence electrons. The van der Waals surface area contributed by atoms with Crippen molar-refractivity contribution in [3.05, 3.63) is 42.0 Å². The number of methoxy groups -OCH3 is 1. The number of hydrogen-bond acceptors (Lipinski definition) is 5. The van der Waals surface area contributed by atoms with Crippen LogP contribution in [-0.4, -0.2) is 32.8 Å². The number of ether oxygens (including phenoxy) is 4. The van der Waals surface area contributed by atoms with Crippen molar-refractivity contribution >= 4 is 11.6 Å². The number of benzene rings is 2. The lowest BCUT2D eigenvalue weighted by atomic mass is 10.1. The quantitative estimate of drug-likeness (QED) is 0.822. The number of hydrogen-bond donors (Lipinski definition) is 1. The van der Waals surface area contributed by atoms with Crippen LogP contribution in [0.4, 0.5) is 5.69 Å². The van der Waals surface area contributed by atoms with Crippen LogP contribution in [-0.2, 0) is 11.2 Å². The van der Waals surface area contributed by atoms with Crippen LogP contribution >= 0.6 is 0 Å². The normalized spacial score (nSPS) is 12.4. The Morgan fingerprint density at radius 2 is 1.88 bits per heavy atom. The summed E-state index contributed by atoms with van der Waals surface area (Å²) in [5.41, 5.74) is 1.71. The first-order valence-electron chi connectivity index (χ1n) is 8.69. The van der Waals surface area contributed by atoms with E-state index in [1.807, 2.05) is 31.2 Å². The molecule has 1 heterocycles. The Bertz CT molecular complexity index is 775. The fourth-order valence-electron chi connectivity index (χ4n) is 2.74. The maximum Gasteiger partial charge on any atom is 0.224 e. The van der Waals surface area contributed by atoms with Gasteiger partial charge in [0.2, 0.25) is 5.91 Å². The van der Waals surface area contributed by atoms with E-state index in [1.165, 1.54) is 0 Å². The molecule has 0 aromatic heterocycles. The van der Waals surface area contributed by atoms with Gasteiger partial charge < -0.3 is 24.3 Å². The molecule has 3 rings (SSSR count). The lowest BCUT2D eigenvalue weighted by Gasteiger charge is -2.19. The Kier molecular flexibility index (Phi) is 5.84. The predicted octanol–water partition coefficient (Wildman–Crippen LogP) is 3.44. The van der Waals surface area contributed by atoms with Crippen LogP contribution in [0.2, 0.25) is 0 Å². The van der Waals surface area contributed by atoms with Crippen LogP contribution in [0.15, 0.2) is 36.4 Å². The van der Waals surface area contributed by atoms with E-state index in [-0.39, 0.29) is 5.91 Å². The summed E-state index contributed by atoms with van der Waals surface area (Å²) in [7, 11) is 1.61. The van der Waals surface area contributed by atoms with E-state index in [2.05, 4.69) is 5.32 Å². The maximum atomic E-state index is 12.2. The number of rotatable bonds is 7. The van der Waals surface area contributed by atoms with E-state index in [0.29, 0.717) is 61.3 Å². The second-order valence-electron chi connectivity index (χ2n) is 5.82. The Balaban J connectivity index is 1.57. The van der Waals surface area contributed by atoms with Crippen LogP contribution in [0.25, 0.3) is 0 Å². The second-order valence-corrected chi connectivity index (χ2v) is 5.82. The van der Waals surface area contributed by atoms with E-state index < -0.39 is 0 Å². The summed E-state index contributed by atoms with van der Waals surface area (Å²) < 4.78 is 21.9. The highest BCUT2D eigenvalue weighted by molar-refractivity contribution is 5.91. The molecule has 1 aliphatic rings. The maximum absolute atomic E-state index is 12.2. The molecule has 0 unspecified atom stereocenters. The number of fused-ring (bicyclic) bond motifs is 1. The van der Waals surface area contributed by atoms with Gasteiger partial charge in [-0.25, -0.2) is 0 Å². The number of nitrogens with one attached hydrogen (secondary N) is 1. The van der Waals surface area contributed by atoms with Crippen LogP contribution in [0.3, 0.4) is 0 Å². The number of carbonyl (C=O) groups excluding carboxylic acids is 1. The van der Waals surface area contributed by atoms with Gasteiger partial charge in [-0.15, -0.1) is 0 Å². The molecule has 0 fully saturated rings. The molecule has 0 radical (unpaired) electrons. The monoisotopic (exact) mass is 357 g/mol. The highest BCUT2D eigenvalue weighted by atomic mass is 16.6. The fraction of sp³-hybridized carbons (Fsp3) is 0.350. The lowest BCUT2D eigenvalue weighted by Crippen LogP contribution is -2.16. The summed E-state index contributed by atoms with van der Waals surface area (Å²) in [5, 5.41) is 2.89. The molecule has 6 heteroatoms. The molecule has 0 spiro atoms. The van der Waals surface area contributed by atoms with Crippen molar-refractivity contribution in [2.24, 2.45) is 0 Å². The Morgan fingerprint density at radius 1 is 1.08 bits per heavy atom. The van der Waals surface area contributed by atoms with Gasteiger partial charge in [-0.3, -0.25) is 4.79 Å². The van der Waals surface area contributed by atoms with Gasteiger partial charge in [0.15, 0.2) is 23.0 Å². The average molecular weight is 357 g/mol. The van der Waals surface area contributed by atoms with Gasteiger partial charge in [-0.1, -0.05) is 6.07 Å². The van der Waals surface area contributed by atoms with Crippen molar-refractivity contribution in [2.75, 3.05) is 32.2 Å². The minimum Gasteiger partial charge on any atom is -0.493 e. The summed E-state index contributed by atoms with van der Waals surface area (Å²) in [6.07, 6.45) is 0.977. The number of carbonyl (C=O) groups is 1. The minimum absolute atomic E-state index is 0.0606. The van der Waals surface area contributed by atoms with Gasteiger partial charge in [-0.05, 0) is 43.2 Å². The SMILES string of the molecule is CCOc1ccc(CCC(=O)Nc2ccc3c(c2)OCCO3)cc1OC. The summed E-state index contributed by atoms with van der Waals surface area (Å²) in [4.78, 5) is 12.2. The standard InChI is InChI=1S/C20H23NO5/c1-3-24-16-7-4-14(12-18(16)23-2)5-9-20(22)21-15-6-8-17-19(13-15)26-11-10-25-17/h4,6-8,12-13H,3,5,9-11H2,1-2H3,(H,21,22). The third-order valence-electron chi connectivity index (χ3n) is 3.99. The minimum atomic E-state index is -0.0606. The number of aryl methyl sites for hydroxylation is 1. The topological polar surface area (TPSA) is 66.0 Å². The molecule has 1 N–H and O–H groups in total. The van der Waals surface area contributed by atoms with Gasteiger partial charge in [0.25, 0.3) is 0 Å². The van der Waals surface area contributed by atoms with E-state index >= 15 is 0 Å². The zero-order valence-electron chi connectivity index (χ0n) is 15.0. The van der Waals surface area contributed by atoms with Gasteiger partial charge in [0.1, 0.15) is 13.2 Å². The third-order valence-corrected chi connectivity index (χ3v) is 3.99.